The van der Waals surface area contributed by atoms with Crippen LogP contribution in [-0.2, 0) is 12.8 Å². The second-order valence-corrected chi connectivity index (χ2v) is 5.07. The molecular formula is C15H14N4O. The fourth-order valence-electron chi connectivity index (χ4n) is 2.74. The van der Waals surface area contributed by atoms with E-state index in [4.69, 9.17) is 10.2 Å². The van der Waals surface area contributed by atoms with Crippen LogP contribution >= 0.6 is 0 Å². The number of aromatic nitrogens is 3. The van der Waals surface area contributed by atoms with E-state index in [1.807, 2.05) is 12.1 Å². The van der Waals surface area contributed by atoms with Gasteiger partial charge in [-0.15, -0.1) is 0 Å². The molecule has 0 radical (unpaired) electrons. The van der Waals surface area contributed by atoms with E-state index in [1.54, 1.807) is 12.4 Å². The Kier molecular flexibility index (Phi) is 2.45. The van der Waals surface area contributed by atoms with Gasteiger partial charge in [-0.1, -0.05) is 0 Å². The molecule has 0 unspecified atom stereocenters. The van der Waals surface area contributed by atoms with E-state index >= 15 is 0 Å². The molecule has 1 aliphatic carbocycles. The normalized spacial score (nSPS) is 14.4. The molecule has 0 atom stereocenters. The van der Waals surface area contributed by atoms with Crippen LogP contribution in [0, 0.1) is 0 Å². The van der Waals surface area contributed by atoms with E-state index < -0.39 is 0 Å². The minimum Gasteiger partial charge on any atom is -0.418 e. The highest BCUT2D eigenvalue weighted by atomic mass is 16.4. The number of oxazole rings is 1. The Morgan fingerprint density at radius 1 is 1.15 bits per heavy atom. The molecule has 100 valence electrons. The third kappa shape index (κ3) is 1.66. The van der Waals surface area contributed by atoms with Crippen LogP contribution in [0.1, 0.15) is 24.1 Å². The van der Waals surface area contributed by atoms with Crippen molar-refractivity contribution in [2.24, 2.45) is 0 Å². The van der Waals surface area contributed by atoms with Crippen LogP contribution < -0.4 is 5.73 Å². The average Bonchev–Trinajstić information content (AvgIpc) is 2.93. The van der Waals surface area contributed by atoms with E-state index in [2.05, 4.69) is 15.0 Å². The van der Waals surface area contributed by atoms with Gasteiger partial charge in [-0.2, -0.15) is 0 Å². The summed E-state index contributed by atoms with van der Waals surface area (Å²) in [4.78, 5) is 13.2. The summed E-state index contributed by atoms with van der Waals surface area (Å²) in [6, 6.07) is 3.76. The zero-order valence-corrected chi connectivity index (χ0v) is 11.0. The Morgan fingerprint density at radius 2 is 2.05 bits per heavy atom. The zero-order valence-electron chi connectivity index (χ0n) is 11.0. The Balaban J connectivity index is 1.93. The van der Waals surface area contributed by atoms with E-state index in [-0.39, 0.29) is 0 Å². The third-order valence-corrected chi connectivity index (χ3v) is 3.77. The van der Waals surface area contributed by atoms with Gasteiger partial charge in [0.15, 0.2) is 5.52 Å². The number of nitrogens with two attached hydrogens (primary N) is 1. The minimum absolute atomic E-state index is 0.523. The molecule has 3 aromatic heterocycles. The molecule has 0 fully saturated rings. The SMILES string of the molecule is Nc1c2c(nc3oc(-c4cccnc4)nc13)CCCC2. The molecule has 5 nitrogen and oxygen atoms in total. The Labute approximate surface area is 115 Å². The maximum Gasteiger partial charge on any atom is 0.249 e. The third-order valence-electron chi connectivity index (χ3n) is 3.77. The fourth-order valence-corrected chi connectivity index (χ4v) is 2.74. The summed E-state index contributed by atoms with van der Waals surface area (Å²) in [5, 5.41) is 0. The van der Waals surface area contributed by atoms with Gasteiger partial charge in [0.05, 0.1) is 11.3 Å². The van der Waals surface area contributed by atoms with Crippen molar-refractivity contribution < 1.29 is 4.42 Å². The van der Waals surface area contributed by atoms with E-state index in [1.165, 1.54) is 0 Å². The molecule has 0 aromatic carbocycles. The first-order valence-corrected chi connectivity index (χ1v) is 6.81. The molecule has 2 N–H and O–H groups in total. The Morgan fingerprint density at radius 3 is 2.90 bits per heavy atom. The van der Waals surface area contributed by atoms with Gasteiger partial charge in [0, 0.05) is 18.1 Å². The van der Waals surface area contributed by atoms with Gasteiger partial charge in [-0.25, -0.2) is 9.97 Å². The molecule has 5 heteroatoms. The van der Waals surface area contributed by atoms with Gasteiger partial charge in [0.1, 0.15) is 0 Å². The molecule has 3 heterocycles. The quantitative estimate of drug-likeness (QED) is 0.732. The van der Waals surface area contributed by atoms with Crippen molar-refractivity contribution in [1.29, 1.82) is 0 Å². The number of hydrogen-bond acceptors (Lipinski definition) is 5. The van der Waals surface area contributed by atoms with E-state index in [0.717, 1.165) is 48.2 Å². The second-order valence-electron chi connectivity index (χ2n) is 5.07. The fraction of sp³-hybridized carbons (Fsp3) is 0.267. The molecule has 4 rings (SSSR count). The van der Waals surface area contributed by atoms with Crippen LogP contribution in [0.4, 0.5) is 5.69 Å². The molecule has 0 saturated carbocycles. The number of nitrogens with zero attached hydrogens (tertiary/aromatic N) is 3. The lowest BCUT2D eigenvalue weighted by Crippen LogP contribution is -2.09. The number of pyridine rings is 2. The lowest BCUT2D eigenvalue weighted by atomic mass is 9.94. The van der Waals surface area contributed by atoms with Crippen LogP contribution in [-0.4, -0.2) is 15.0 Å². The lowest BCUT2D eigenvalue weighted by molar-refractivity contribution is 0.599. The molecule has 0 bridgehead atoms. The van der Waals surface area contributed by atoms with Crippen molar-refractivity contribution in [3.05, 3.63) is 35.8 Å². The Hall–Kier alpha value is -2.43. The Bertz CT molecular complexity index is 779. The summed E-state index contributed by atoms with van der Waals surface area (Å²) in [6.07, 6.45) is 7.72. The number of rotatable bonds is 1. The second kappa shape index (κ2) is 4.30. The van der Waals surface area contributed by atoms with Gasteiger partial charge in [-0.05, 0) is 43.4 Å². The predicted octanol–water partition coefficient (Wildman–Crippen LogP) is 2.75. The van der Waals surface area contributed by atoms with Crippen molar-refractivity contribution in [2.45, 2.75) is 25.7 Å². The first-order valence-electron chi connectivity index (χ1n) is 6.81. The van der Waals surface area contributed by atoms with E-state index in [0.29, 0.717) is 17.1 Å². The van der Waals surface area contributed by atoms with Crippen molar-refractivity contribution >= 4 is 16.9 Å². The van der Waals surface area contributed by atoms with Gasteiger partial charge in [0.2, 0.25) is 11.6 Å². The van der Waals surface area contributed by atoms with Crippen LogP contribution in [0.2, 0.25) is 0 Å². The van der Waals surface area contributed by atoms with Gasteiger partial charge in [-0.3, -0.25) is 4.98 Å². The van der Waals surface area contributed by atoms with E-state index in [9.17, 15) is 0 Å². The van der Waals surface area contributed by atoms with Crippen LogP contribution in [0.3, 0.4) is 0 Å². The number of nitrogen functional groups attached to an aromatic ring is 1. The van der Waals surface area contributed by atoms with Gasteiger partial charge in [0.25, 0.3) is 0 Å². The molecule has 0 spiro atoms. The number of anilines is 1. The molecule has 3 aromatic rings. The standard InChI is InChI=1S/C15H14N4O/c16-12-10-5-1-2-6-11(10)18-15-13(12)19-14(20-15)9-4-3-7-17-8-9/h3-4,7-8H,1-2,5-6H2,(H2,16,18). The van der Waals surface area contributed by atoms with Gasteiger partial charge < -0.3 is 10.2 Å². The van der Waals surface area contributed by atoms with Crippen molar-refractivity contribution in [2.75, 3.05) is 5.73 Å². The topological polar surface area (TPSA) is 77.8 Å². The summed E-state index contributed by atoms with van der Waals surface area (Å²) < 4.78 is 5.76. The molecule has 20 heavy (non-hydrogen) atoms. The van der Waals surface area contributed by atoms with Crippen molar-refractivity contribution in [1.82, 2.24) is 15.0 Å². The van der Waals surface area contributed by atoms with Crippen molar-refractivity contribution in [3.63, 3.8) is 0 Å². The summed E-state index contributed by atoms with van der Waals surface area (Å²) >= 11 is 0. The smallest absolute Gasteiger partial charge is 0.249 e. The summed E-state index contributed by atoms with van der Waals surface area (Å²) in [6.45, 7) is 0. The summed E-state index contributed by atoms with van der Waals surface area (Å²) in [5.74, 6) is 0.523. The minimum atomic E-state index is 0.523. The highest BCUT2D eigenvalue weighted by Crippen LogP contribution is 2.32. The first kappa shape index (κ1) is 11.4. The number of aryl methyl sites for hydroxylation is 1. The number of hydrogen-bond donors (Lipinski definition) is 1. The van der Waals surface area contributed by atoms with Crippen LogP contribution in [0.15, 0.2) is 28.9 Å². The summed E-state index contributed by atoms with van der Waals surface area (Å²) in [7, 11) is 0. The molecular weight excluding hydrogens is 252 g/mol. The molecule has 0 aliphatic heterocycles. The summed E-state index contributed by atoms with van der Waals surface area (Å²) in [5.41, 5.74) is 11.2. The van der Waals surface area contributed by atoms with Gasteiger partial charge >= 0.3 is 0 Å². The monoisotopic (exact) mass is 266 g/mol. The lowest BCUT2D eigenvalue weighted by Gasteiger charge is -2.15. The van der Waals surface area contributed by atoms with Crippen LogP contribution in [0.25, 0.3) is 22.7 Å². The highest BCUT2D eigenvalue weighted by Gasteiger charge is 2.20. The molecule has 0 saturated heterocycles. The zero-order chi connectivity index (χ0) is 13.5. The molecule has 0 amide bonds. The maximum atomic E-state index is 6.25. The predicted molar refractivity (Wildman–Crippen MR) is 76.1 cm³/mol. The maximum absolute atomic E-state index is 6.25. The first-order chi connectivity index (χ1) is 9.83. The number of fused-ring (bicyclic) bond motifs is 2. The highest BCUT2D eigenvalue weighted by molar-refractivity contribution is 5.87. The average molecular weight is 266 g/mol. The molecule has 1 aliphatic rings. The van der Waals surface area contributed by atoms with Crippen molar-refractivity contribution in [3.8, 4) is 11.5 Å². The largest absolute Gasteiger partial charge is 0.418 e. The van der Waals surface area contributed by atoms with Crippen LogP contribution in [0.5, 0.6) is 0 Å².